The number of benzene rings is 1. The molecule has 2 rings (SSSR count). The molecule has 2 aromatic rings. The topological polar surface area (TPSA) is 55.1 Å². The van der Waals surface area contributed by atoms with E-state index in [2.05, 4.69) is 5.10 Å². The van der Waals surface area contributed by atoms with Crippen LogP contribution in [0.5, 0.6) is 0 Å². The molecule has 0 radical (unpaired) electrons. The molecule has 0 fully saturated rings. The van der Waals surface area contributed by atoms with E-state index in [0.29, 0.717) is 12.0 Å². The Morgan fingerprint density at radius 3 is 2.55 bits per heavy atom. The first-order chi connectivity index (χ1) is 9.49. The molecule has 4 nitrogen and oxygen atoms in total. The second kappa shape index (κ2) is 5.45. The molecule has 0 aliphatic carbocycles. The number of carboxylic acid groups (broad SMARTS) is 1. The van der Waals surface area contributed by atoms with Crippen molar-refractivity contribution < 1.29 is 14.3 Å². The summed E-state index contributed by atoms with van der Waals surface area (Å²) in [6, 6.07) is 4.00. The van der Waals surface area contributed by atoms with Crippen LogP contribution in [0.4, 0.5) is 4.39 Å². The summed E-state index contributed by atoms with van der Waals surface area (Å²) in [7, 11) is 1.84. The van der Waals surface area contributed by atoms with Crippen molar-refractivity contribution in [1.82, 2.24) is 9.78 Å². The third-order valence-corrected chi connectivity index (χ3v) is 3.39. The molecule has 1 N–H and O–H groups in total. The predicted octanol–water partition coefficient (Wildman–Crippen LogP) is 3.05. The number of rotatable bonds is 4. The summed E-state index contributed by atoms with van der Waals surface area (Å²) >= 11 is 0. The van der Waals surface area contributed by atoms with E-state index in [9.17, 15) is 9.18 Å². The van der Waals surface area contributed by atoms with Crippen molar-refractivity contribution in [3.63, 3.8) is 0 Å². The lowest BCUT2D eigenvalue weighted by Crippen LogP contribution is -2.00. The van der Waals surface area contributed by atoms with Crippen LogP contribution in [0.25, 0.3) is 11.1 Å². The molecule has 0 aliphatic rings. The SMILES string of the molecule is CCc1nn(C)c(CC)c1-c1ccc(C(=O)O)cc1F. The number of carbonyl (C=O) groups is 1. The van der Waals surface area contributed by atoms with Crippen LogP contribution in [0.15, 0.2) is 18.2 Å². The first-order valence-electron chi connectivity index (χ1n) is 6.57. The van der Waals surface area contributed by atoms with E-state index in [-0.39, 0.29) is 5.56 Å². The maximum absolute atomic E-state index is 14.2. The Hall–Kier alpha value is -2.17. The maximum Gasteiger partial charge on any atom is 0.335 e. The molecular formula is C15H17FN2O2. The molecule has 106 valence electrons. The highest BCUT2D eigenvalue weighted by Gasteiger charge is 2.19. The van der Waals surface area contributed by atoms with Gasteiger partial charge in [0.15, 0.2) is 0 Å². The lowest BCUT2D eigenvalue weighted by Gasteiger charge is -2.07. The average Bonchev–Trinajstić information content (AvgIpc) is 2.74. The Labute approximate surface area is 116 Å². The van der Waals surface area contributed by atoms with Gasteiger partial charge in [-0.25, -0.2) is 9.18 Å². The van der Waals surface area contributed by atoms with Crippen molar-refractivity contribution >= 4 is 5.97 Å². The van der Waals surface area contributed by atoms with Gasteiger partial charge in [0.05, 0.1) is 11.3 Å². The Balaban J connectivity index is 2.65. The van der Waals surface area contributed by atoms with Crippen molar-refractivity contribution in [1.29, 1.82) is 0 Å². The van der Waals surface area contributed by atoms with Gasteiger partial charge in [-0.2, -0.15) is 5.10 Å². The Morgan fingerprint density at radius 2 is 2.05 bits per heavy atom. The molecule has 0 unspecified atom stereocenters. The molecule has 1 heterocycles. The number of aryl methyl sites for hydroxylation is 2. The van der Waals surface area contributed by atoms with E-state index in [0.717, 1.165) is 29.4 Å². The van der Waals surface area contributed by atoms with E-state index >= 15 is 0 Å². The zero-order chi connectivity index (χ0) is 14.9. The molecule has 0 amide bonds. The molecular weight excluding hydrogens is 259 g/mol. The van der Waals surface area contributed by atoms with E-state index < -0.39 is 11.8 Å². The van der Waals surface area contributed by atoms with Gasteiger partial charge in [-0.3, -0.25) is 4.68 Å². The third kappa shape index (κ3) is 2.31. The summed E-state index contributed by atoms with van der Waals surface area (Å²) in [5.74, 6) is -1.66. The second-order valence-electron chi connectivity index (χ2n) is 4.60. The largest absolute Gasteiger partial charge is 0.478 e. The Morgan fingerprint density at radius 1 is 1.35 bits per heavy atom. The van der Waals surface area contributed by atoms with Gasteiger partial charge in [0.2, 0.25) is 0 Å². The van der Waals surface area contributed by atoms with Crippen LogP contribution >= 0.6 is 0 Å². The van der Waals surface area contributed by atoms with Crippen molar-refractivity contribution in [3.05, 3.63) is 41.0 Å². The lowest BCUT2D eigenvalue weighted by atomic mass is 9.98. The van der Waals surface area contributed by atoms with Crippen molar-refractivity contribution in [2.45, 2.75) is 26.7 Å². The third-order valence-electron chi connectivity index (χ3n) is 3.39. The quantitative estimate of drug-likeness (QED) is 0.933. The normalized spacial score (nSPS) is 10.8. The van der Waals surface area contributed by atoms with Crippen molar-refractivity contribution in [3.8, 4) is 11.1 Å². The fraction of sp³-hybridized carbons (Fsp3) is 0.333. The monoisotopic (exact) mass is 276 g/mol. The lowest BCUT2D eigenvalue weighted by molar-refractivity contribution is 0.0696. The van der Waals surface area contributed by atoms with Crippen LogP contribution in [0, 0.1) is 5.82 Å². The zero-order valence-corrected chi connectivity index (χ0v) is 11.8. The number of hydrogen-bond acceptors (Lipinski definition) is 2. The van der Waals surface area contributed by atoms with Crippen LogP contribution < -0.4 is 0 Å². The highest BCUT2D eigenvalue weighted by molar-refractivity contribution is 5.88. The smallest absolute Gasteiger partial charge is 0.335 e. The van der Waals surface area contributed by atoms with Crippen LogP contribution in [-0.4, -0.2) is 20.9 Å². The Bertz CT molecular complexity index is 662. The molecule has 20 heavy (non-hydrogen) atoms. The zero-order valence-electron chi connectivity index (χ0n) is 11.8. The molecule has 0 atom stereocenters. The van der Waals surface area contributed by atoms with Crippen LogP contribution in [0.2, 0.25) is 0 Å². The Kier molecular flexibility index (Phi) is 3.88. The minimum Gasteiger partial charge on any atom is -0.478 e. The minimum atomic E-state index is -1.13. The van der Waals surface area contributed by atoms with Crippen molar-refractivity contribution in [2.24, 2.45) is 7.05 Å². The average molecular weight is 276 g/mol. The van der Waals surface area contributed by atoms with E-state index in [1.165, 1.54) is 12.1 Å². The first-order valence-corrected chi connectivity index (χ1v) is 6.57. The summed E-state index contributed by atoms with van der Waals surface area (Å²) in [5, 5.41) is 13.3. The van der Waals surface area contributed by atoms with Crippen LogP contribution in [-0.2, 0) is 19.9 Å². The van der Waals surface area contributed by atoms with Crippen LogP contribution in [0.1, 0.15) is 35.6 Å². The molecule has 0 saturated heterocycles. The summed E-state index contributed by atoms with van der Waals surface area (Å²) < 4.78 is 16.0. The highest BCUT2D eigenvalue weighted by Crippen LogP contribution is 2.31. The summed E-state index contributed by atoms with van der Waals surface area (Å²) in [6.45, 7) is 3.96. The van der Waals surface area contributed by atoms with Gasteiger partial charge in [0.1, 0.15) is 5.82 Å². The van der Waals surface area contributed by atoms with Gasteiger partial charge in [0.25, 0.3) is 0 Å². The fourth-order valence-corrected chi connectivity index (χ4v) is 2.43. The van der Waals surface area contributed by atoms with Gasteiger partial charge in [0, 0.05) is 23.9 Å². The summed E-state index contributed by atoms with van der Waals surface area (Å²) in [6.07, 6.45) is 1.43. The van der Waals surface area contributed by atoms with E-state index in [1.54, 1.807) is 4.68 Å². The van der Waals surface area contributed by atoms with Gasteiger partial charge in [-0.15, -0.1) is 0 Å². The van der Waals surface area contributed by atoms with Gasteiger partial charge < -0.3 is 5.11 Å². The van der Waals surface area contributed by atoms with Gasteiger partial charge >= 0.3 is 5.97 Å². The number of hydrogen-bond donors (Lipinski definition) is 1. The summed E-state index contributed by atoms with van der Waals surface area (Å²) in [5.41, 5.74) is 2.92. The molecule has 1 aromatic heterocycles. The molecule has 0 bridgehead atoms. The summed E-state index contributed by atoms with van der Waals surface area (Å²) in [4.78, 5) is 10.9. The van der Waals surface area contributed by atoms with E-state index in [1.807, 2.05) is 20.9 Å². The molecule has 1 aromatic carbocycles. The maximum atomic E-state index is 14.2. The number of halogens is 1. The molecule has 0 saturated carbocycles. The number of nitrogens with zero attached hydrogens (tertiary/aromatic N) is 2. The minimum absolute atomic E-state index is 0.0498. The molecule has 0 aliphatic heterocycles. The van der Waals surface area contributed by atoms with Gasteiger partial charge in [-0.05, 0) is 25.0 Å². The number of aromatic carboxylic acids is 1. The van der Waals surface area contributed by atoms with E-state index in [4.69, 9.17) is 5.11 Å². The standard InChI is InChI=1S/C15H17FN2O2/c1-4-12-14(13(5-2)18(3)17-12)10-7-6-9(15(19)20)8-11(10)16/h6-8H,4-5H2,1-3H3,(H,19,20). The number of carboxylic acids is 1. The van der Waals surface area contributed by atoms with Gasteiger partial charge in [-0.1, -0.05) is 19.9 Å². The number of aromatic nitrogens is 2. The van der Waals surface area contributed by atoms with Crippen LogP contribution in [0.3, 0.4) is 0 Å². The first kappa shape index (κ1) is 14.2. The highest BCUT2D eigenvalue weighted by atomic mass is 19.1. The fourth-order valence-electron chi connectivity index (χ4n) is 2.43. The second-order valence-corrected chi connectivity index (χ2v) is 4.60. The van der Waals surface area contributed by atoms with Crippen molar-refractivity contribution in [2.75, 3.05) is 0 Å². The predicted molar refractivity (Wildman–Crippen MR) is 74.3 cm³/mol. The molecule has 5 heteroatoms. The molecule has 0 spiro atoms.